The highest BCUT2D eigenvalue weighted by molar-refractivity contribution is 9.10. The van der Waals surface area contributed by atoms with Crippen molar-refractivity contribution >= 4 is 21.6 Å². The van der Waals surface area contributed by atoms with E-state index in [1.807, 2.05) is 18.2 Å². The van der Waals surface area contributed by atoms with Gasteiger partial charge < -0.3 is 10.5 Å². The topological polar surface area (TPSA) is 35.2 Å². The first-order valence-corrected chi connectivity index (χ1v) is 7.81. The lowest BCUT2D eigenvalue weighted by Gasteiger charge is -2.17. The molecule has 104 valence electrons. The quantitative estimate of drug-likeness (QED) is 0.841. The van der Waals surface area contributed by atoms with E-state index < -0.39 is 0 Å². The maximum absolute atomic E-state index is 5.91. The van der Waals surface area contributed by atoms with Crippen molar-refractivity contribution in [3.63, 3.8) is 0 Å². The molecule has 0 spiro atoms. The van der Waals surface area contributed by atoms with E-state index in [4.69, 9.17) is 10.5 Å². The molecule has 2 N–H and O–H groups in total. The van der Waals surface area contributed by atoms with Gasteiger partial charge in [-0.1, -0.05) is 18.2 Å². The molecule has 0 saturated heterocycles. The molecule has 0 atom stereocenters. The lowest BCUT2D eigenvalue weighted by Crippen LogP contribution is -2.04. The van der Waals surface area contributed by atoms with Gasteiger partial charge in [0.2, 0.25) is 0 Å². The summed E-state index contributed by atoms with van der Waals surface area (Å²) < 4.78 is 6.84. The van der Waals surface area contributed by atoms with E-state index in [1.165, 1.54) is 36.8 Å². The number of hydrogen-bond acceptors (Lipinski definition) is 2. The van der Waals surface area contributed by atoms with Crippen LogP contribution in [0.2, 0.25) is 0 Å². The second-order valence-electron chi connectivity index (χ2n) is 5.25. The van der Waals surface area contributed by atoms with Crippen LogP contribution < -0.4 is 10.5 Å². The smallest absolute Gasteiger partial charge is 0.120 e. The van der Waals surface area contributed by atoms with Crippen molar-refractivity contribution in [3.05, 3.63) is 57.6 Å². The van der Waals surface area contributed by atoms with Gasteiger partial charge in [0.25, 0.3) is 0 Å². The maximum atomic E-state index is 5.91. The van der Waals surface area contributed by atoms with E-state index in [1.54, 1.807) is 0 Å². The van der Waals surface area contributed by atoms with Crippen molar-refractivity contribution in [2.75, 3.05) is 5.73 Å². The van der Waals surface area contributed by atoms with Gasteiger partial charge in [-0.05, 0) is 70.9 Å². The van der Waals surface area contributed by atoms with Gasteiger partial charge in [-0.25, -0.2) is 0 Å². The number of nitrogens with two attached hydrogens (primary N) is 1. The first kappa shape index (κ1) is 13.5. The number of nitrogen functional groups attached to an aromatic ring is 1. The molecule has 0 fully saturated rings. The molecule has 0 radical (unpaired) electrons. The van der Waals surface area contributed by atoms with Crippen LogP contribution in [0.3, 0.4) is 0 Å². The third-order valence-corrected chi connectivity index (χ3v) is 4.79. The van der Waals surface area contributed by atoms with Crippen LogP contribution in [0.1, 0.15) is 29.5 Å². The number of fused-ring (bicyclic) bond motifs is 1. The molecule has 2 aromatic rings. The van der Waals surface area contributed by atoms with Crippen LogP contribution in [-0.2, 0) is 19.4 Å². The molecular weight excluding hydrogens is 314 g/mol. The summed E-state index contributed by atoms with van der Waals surface area (Å²) in [6.45, 7) is 0.532. The Morgan fingerprint density at radius 3 is 2.70 bits per heavy atom. The normalized spacial score (nSPS) is 13.8. The lowest BCUT2D eigenvalue weighted by atomic mass is 9.92. The van der Waals surface area contributed by atoms with Crippen molar-refractivity contribution in [2.24, 2.45) is 0 Å². The molecular formula is C17H18BrNO. The molecule has 3 rings (SSSR count). The molecule has 0 heterocycles. The Hall–Kier alpha value is -1.48. The lowest BCUT2D eigenvalue weighted by molar-refractivity contribution is 0.305. The summed E-state index contributed by atoms with van der Waals surface area (Å²) in [6.07, 6.45) is 4.98. The Morgan fingerprint density at radius 1 is 1.05 bits per heavy atom. The highest BCUT2D eigenvalue weighted by atomic mass is 79.9. The molecule has 0 aliphatic heterocycles. The maximum Gasteiger partial charge on any atom is 0.120 e. The predicted molar refractivity (Wildman–Crippen MR) is 86.0 cm³/mol. The summed E-state index contributed by atoms with van der Waals surface area (Å²) in [4.78, 5) is 0. The predicted octanol–water partition coefficient (Wildman–Crippen LogP) is 4.49. The second kappa shape index (κ2) is 5.88. The first-order chi connectivity index (χ1) is 9.74. The minimum absolute atomic E-state index is 0.532. The van der Waals surface area contributed by atoms with Crippen molar-refractivity contribution in [2.45, 2.75) is 32.3 Å². The van der Waals surface area contributed by atoms with Crippen LogP contribution >= 0.6 is 15.9 Å². The van der Waals surface area contributed by atoms with Gasteiger partial charge in [-0.15, -0.1) is 0 Å². The summed E-state index contributed by atoms with van der Waals surface area (Å²) in [6, 6.07) is 12.3. The van der Waals surface area contributed by atoms with Gasteiger partial charge in [0.15, 0.2) is 0 Å². The Kier molecular flexibility index (Phi) is 3.97. The minimum atomic E-state index is 0.532. The number of halogens is 1. The molecule has 2 nitrogen and oxygen atoms in total. The molecule has 2 aromatic carbocycles. The first-order valence-electron chi connectivity index (χ1n) is 7.01. The van der Waals surface area contributed by atoms with Crippen molar-refractivity contribution in [1.29, 1.82) is 0 Å². The van der Waals surface area contributed by atoms with Crippen LogP contribution in [0.4, 0.5) is 5.69 Å². The van der Waals surface area contributed by atoms with E-state index in [-0.39, 0.29) is 0 Å². The van der Waals surface area contributed by atoms with Crippen molar-refractivity contribution in [1.82, 2.24) is 0 Å². The fourth-order valence-corrected chi connectivity index (χ4v) is 3.05. The van der Waals surface area contributed by atoms with Crippen LogP contribution in [-0.4, -0.2) is 0 Å². The zero-order chi connectivity index (χ0) is 13.9. The number of anilines is 1. The SMILES string of the molecule is Nc1cccc(COc2ccc3c(c2)CCCC3)c1Br. The summed E-state index contributed by atoms with van der Waals surface area (Å²) in [5.74, 6) is 0.944. The Labute approximate surface area is 128 Å². The third kappa shape index (κ3) is 2.83. The summed E-state index contributed by atoms with van der Waals surface area (Å²) in [5.41, 5.74) is 10.6. The summed E-state index contributed by atoms with van der Waals surface area (Å²) in [5, 5.41) is 0. The van der Waals surface area contributed by atoms with Crippen LogP contribution in [0, 0.1) is 0 Å². The molecule has 20 heavy (non-hydrogen) atoms. The zero-order valence-corrected chi connectivity index (χ0v) is 12.9. The van der Waals surface area contributed by atoms with Gasteiger partial charge >= 0.3 is 0 Å². The Balaban J connectivity index is 1.73. The number of rotatable bonds is 3. The highest BCUT2D eigenvalue weighted by Crippen LogP contribution is 2.28. The molecule has 1 aliphatic carbocycles. The van der Waals surface area contributed by atoms with E-state index >= 15 is 0 Å². The minimum Gasteiger partial charge on any atom is -0.489 e. The van der Waals surface area contributed by atoms with Crippen molar-refractivity contribution in [3.8, 4) is 5.75 Å². The molecule has 0 bridgehead atoms. The largest absolute Gasteiger partial charge is 0.489 e. The molecule has 3 heteroatoms. The molecule has 0 aromatic heterocycles. The number of benzene rings is 2. The van der Waals surface area contributed by atoms with Gasteiger partial charge in [-0.3, -0.25) is 0 Å². The number of aryl methyl sites for hydroxylation is 2. The molecule has 0 saturated carbocycles. The molecule has 0 amide bonds. The zero-order valence-electron chi connectivity index (χ0n) is 11.4. The fraction of sp³-hybridized carbons (Fsp3) is 0.294. The van der Waals surface area contributed by atoms with Crippen LogP contribution in [0.25, 0.3) is 0 Å². The number of ether oxygens (including phenoxy) is 1. The average Bonchev–Trinajstić information content (AvgIpc) is 2.48. The van der Waals surface area contributed by atoms with Crippen LogP contribution in [0.5, 0.6) is 5.75 Å². The van der Waals surface area contributed by atoms with Crippen molar-refractivity contribution < 1.29 is 4.74 Å². The van der Waals surface area contributed by atoms with Gasteiger partial charge in [-0.2, -0.15) is 0 Å². The Morgan fingerprint density at radius 2 is 1.85 bits per heavy atom. The van der Waals surface area contributed by atoms with Gasteiger partial charge in [0.1, 0.15) is 12.4 Å². The summed E-state index contributed by atoms with van der Waals surface area (Å²) >= 11 is 3.51. The Bertz CT molecular complexity index is 624. The van der Waals surface area contributed by atoms with Gasteiger partial charge in [0, 0.05) is 15.7 Å². The molecule has 1 aliphatic rings. The summed E-state index contributed by atoms with van der Waals surface area (Å²) in [7, 11) is 0. The van der Waals surface area contributed by atoms with Crippen LogP contribution in [0.15, 0.2) is 40.9 Å². The van der Waals surface area contributed by atoms with E-state index in [9.17, 15) is 0 Å². The van der Waals surface area contributed by atoms with E-state index in [0.29, 0.717) is 6.61 Å². The van der Waals surface area contributed by atoms with E-state index in [0.717, 1.165) is 21.5 Å². The average molecular weight is 332 g/mol. The van der Waals surface area contributed by atoms with Gasteiger partial charge in [0.05, 0.1) is 0 Å². The van der Waals surface area contributed by atoms with E-state index in [2.05, 4.69) is 34.1 Å². The monoisotopic (exact) mass is 331 g/mol. The second-order valence-corrected chi connectivity index (χ2v) is 6.04. The molecule has 0 unspecified atom stereocenters. The fourth-order valence-electron chi connectivity index (χ4n) is 2.67. The number of hydrogen-bond donors (Lipinski definition) is 1. The highest BCUT2D eigenvalue weighted by Gasteiger charge is 2.10. The third-order valence-electron chi connectivity index (χ3n) is 3.82. The standard InChI is InChI=1S/C17H18BrNO/c18-17-14(6-3-7-16(17)19)11-20-15-9-8-12-4-1-2-5-13(12)10-15/h3,6-10H,1-2,4-5,11,19H2.